The van der Waals surface area contributed by atoms with Gasteiger partial charge in [0.2, 0.25) is 5.91 Å². The molecule has 2 N–H and O–H groups in total. The molecule has 1 rings (SSSR count). The minimum atomic E-state index is -2.13. The van der Waals surface area contributed by atoms with E-state index in [0.717, 1.165) is 0 Å². The summed E-state index contributed by atoms with van der Waals surface area (Å²) in [7, 11) is 0. The Labute approximate surface area is 116 Å². The number of carboxylic acid groups (broad SMARTS) is 1. The molecular formula is C13H9F4NO3. The second-order valence-electron chi connectivity index (χ2n) is 3.85. The first-order valence-electron chi connectivity index (χ1n) is 5.59. The summed E-state index contributed by atoms with van der Waals surface area (Å²) in [6.07, 6.45) is -0.0115. The van der Waals surface area contributed by atoms with Crippen LogP contribution in [0.3, 0.4) is 0 Å². The average Bonchev–Trinajstić information content (AvgIpc) is 2.39. The lowest BCUT2D eigenvalue weighted by atomic mass is 10.1. The number of benzene rings is 1. The van der Waals surface area contributed by atoms with Crippen molar-refractivity contribution in [3.63, 3.8) is 0 Å². The molecule has 1 aromatic carbocycles. The summed E-state index contributed by atoms with van der Waals surface area (Å²) in [5, 5.41) is 10.8. The van der Waals surface area contributed by atoms with E-state index in [9.17, 15) is 27.2 Å². The highest BCUT2D eigenvalue weighted by Gasteiger charge is 2.28. The van der Waals surface area contributed by atoms with Crippen molar-refractivity contribution < 1.29 is 32.3 Å². The van der Waals surface area contributed by atoms with Gasteiger partial charge in [-0.15, -0.1) is 0 Å². The molecule has 0 radical (unpaired) electrons. The second-order valence-corrected chi connectivity index (χ2v) is 3.85. The van der Waals surface area contributed by atoms with Crippen molar-refractivity contribution in [3.05, 3.63) is 34.4 Å². The minimum Gasteiger partial charge on any atom is -0.477 e. The van der Waals surface area contributed by atoms with Crippen LogP contribution in [0.25, 0.3) is 0 Å². The van der Waals surface area contributed by atoms with Crippen molar-refractivity contribution in [3.8, 4) is 11.8 Å². The van der Waals surface area contributed by atoms with Crippen LogP contribution in [0.1, 0.15) is 29.3 Å². The zero-order chi connectivity index (χ0) is 16.2. The minimum absolute atomic E-state index is 0.0115. The highest BCUT2D eigenvalue weighted by Crippen LogP contribution is 2.23. The van der Waals surface area contributed by atoms with E-state index in [1.807, 2.05) is 5.92 Å². The normalized spacial score (nSPS) is 9.76. The van der Waals surface area contributed by atoms with Crippen LogP contribution in [0, 0.1) is 35.1 Å². The van der Waals surface area contributed by atoms with E-state index < -0.39 is 40.4 Å². The summed E-state index contributed by atoms with van der Waals surface area (Å²) in [5.74, 6) is -6.17. The summed E-state index contributed by atoms with van der Waals surface area (Å²) in [4.78, 5) is 21.1. The van der Waals surface area contributed by atoms with Crippen LogP contribution in [0.2, 0.25) is 0 Å². The Kier molecular flexibility index (Phi) is 5.30. The molecule has 4 nitrogen and oxygen atoms in total. The topological polar surface area (TPSA) is 66.4 Å². The molecule has 8 heteroatoms. The Bertz CT molecular complexity index is 633. The maximum absolute atomic E-state index is 13.5. The van der Waals surface area contributed by atoms with E-state index in [-0.39, 0.29) is 18.9 Å². The number of halogens is 4. The average molecular weight is 303 g/mol. The van der Waals surface area contributed by atoms with Gasteiger partial charge in [-0.3, -0.25) is 4.79 Å². The van der Waals surface area contributed by atoms with Crippen molar-refractivity contribution >= 4 is 11.9 Å². The van der Waals surface area contributed by atoms with Crippen molar-refractivity contribution in [1.29, 1.82) is 0 Å². The van der Waals surface area contributed by atoms with Gasteiger partial charge in [-0.1, -0.05) is 11.8 Å². The third kappa shape index (κ3) is 3.72. The number of rotatable bonds is 3. The largest absolute Gasteiger partial charge is 0.477 e. The first-order valence-corrected chi connectivity index (χ1v) is 5.59. The Morgan fingerprint density at radius 3 is 2.05 bits per heavy atom. The zero-order valence-corrected chi connectivity index (χ0v) is 10.7. The fourth-order valence-corrected chi connectivity index (χ4v) is 1.38. The summed E-state index contributed by atoms with van der Waals surface area (Å²) in [6, 6.07) is 0. The molecule has 1 aromatic rings. The highest BCUT2D eigenvalue weighted by atomic mass is 19.2. The van der Waals surface area contributed by atoms with Crippen LogP contribution in [-0.2, 0) is 4.79 Å². The number of hydrogen-bond acceptors (Lipinski definition) is 2. The number of hydrogen-bond donors (Lipinski definition) is 2. The summed E-state index contributed by atoms with van der Waals surface area (Å²) >= 11 is 0. The van der Waals surface area contributed by atoms with E-state index in [1.165, 1.54) is 6.92 Å². The predicted octanol–water partition coefficient (Wildman–Crippen LogP) is 1.82. The van der Waals surface area contributed by atoms with Gasteiger partial charge in [0.05, 0.1) is 0 Å². The lowest BCUT2D eigenvalue weighted by molar-refractivity contribution is -0.118. The monoisotopic (exact) mass is 303 g/mol. The Hall–Kier alpha value is -2.56. The molecule has 0 aromatic heterocycles. The lowest BCUT2D eigenvalue weighted by Gasteiger charge is -2.05. The maximum Gasteiger partial charge on any atom is 0.341 e. The molecule has 0 unspecified atom stereocenters. The van der Waals surface area contributed by atoms with E-state index in [4.69, 9.17) is 5.11 Å². The molecule has 112 valence electrons. The van der Waals surface area contributed by atoms with Crippen LogP contribution in [0.15, 0.2) is 0 Å². The van der Waals surface area contributed by atoms with Gasteiger partial charge in [0.1, 0.15) is 11.1 Å². The number of nitrogens with one attached hydrogen (secondary N) is 1. The van der Waals surface area contributed by atoms with Crippen molar-refractivity contribution in [2.75, 3.05) is 6.54 Å². The molecule has 0 fully saturated rings. The Morgan fingerprint density at radius 1 is 1.10 bits per heavy atom. The summed E-state index contributed by atoms with van der Waals surface area (Å²) in [5.41, 5.74) is -2.91. The molecule has 21 heavy (non-hydrogen) atoms. The molecule has 0 aliphatic carbocycles. The zero-order valence-electron chi connectivity index (χ0n) is 10.7. The number of aromatic carboxylic acids is 1. The highest BCUT2D eigenvalue weighted by molar-refractivity contribution is 5.88. The predicted molar refractivity (Wildman–Crippen MR) is 63.4 cm³/mol. The fourth-order valence-electron chi connectivity index (χ4n) is 1.38. The van der Waals surface area contributed by atoms with Crippen LogP contribution >= 0.6 is 0 Å². The first-order chi connectivity index (χ1) is 9.77. The van der Waals surface area contributed by atoms with Gasteiger partial charge in [-0.25, -0.2) is 22.4 Å². The van der Waals surface area contributed by atoms with E-state index in [0.29, 0.717) is 0 Å². The molecule has 0 saturated heterocycles. The fraction of sp³-hybridized carbons (Fsp3) is 0.231. The Balaban J connectivity index is 3.13. The molecular weight excluding hydrogens is 294 g/mol. The van der Waals surface area contributed by atoms with Gasteiger partial charge in [0.25, 0.3) is 0 Å². The molecule has 0 bridgehead atoms. The third-order valence-electron chi connectivity index (χ3n) is 2.31. The quantitative estimate of drug-likeness (QED) is 0.387. The van der Waals surface area contributed by atoms with Gasteiger partial charge in [-0.05, 0) is 0 Å². The van der Waals surface area contributed by atoms with Crippen molar-refractivity contribution in [2.24, 2.45) is 0 Å². The standard InChI is InChI=1S/C13H9F4NO3/c1-6(19)18-5-3-2-4-7-9(14)11(16)8(13(20)21)12(17)10(7)15/h3,5H2,1H3,(H,18,19)(H,20,21). The van der Waals surface area contributed by atoms with Crippen LogP contribution in [0.4, 0.5) is 17.6 Å². The second kappa shape index (κ2) is 6.74. The maximum atomic E-state index is 13.5. The Morgan fingerprint density at radius 2 is 1.62 bits per heavy atom. The molecule has 0 aliphatic heterocycles. The van der Waals surface area contributed by atoms with Crippen LogP contribution in [0.5, 0.6) is 0 Å². The summed E-state index contributed by atoms with van der Waals surface area (Å²) in [6.45, 7) is 1.34. The van der Waals surface area contributed by atoms with E-state index in [1.54, 1.807) is 0 Å². The van der Waals surface area contributed by atoms with Gasteiger partial charge >= 0.3 is 5.97 Å². The van der Waals surface area contributed by atoms with Gasteiger partial charge in [0.15, 0.2) is 23.3 Å². The third-order valence-corrected chi connectivity index (χ3v) is 2.31. The molecule has 0 heterocycles. The number of amides is 1. The molecule has 0 atom stereocenters. The molecule has 0 aliphatic rings. The van der Waals surface area contributed by atoms with Crippen molar-refractivity contribution in [1.82, 2.24) is 5.32 Å². The van der Waals surface area contributed by atoms with Gasteiger partial charge in [0, 0.05) is 19.9 Å². The molecule has 0 spiro atoms. The van der Waals surface area contributed by atoms with Gasteiger partial charge < -0.3 is 10.4 Å². The van der Waals surface area contributed by atoms with Crippen molar-refractivity contribution in [2.45, 2.75) is 13.3 Å². The van der Waals surface area contributed by atoms with E-state index in [2.05, 4.69) is 11.2 Å². The first kappa shape index (κ1) is 16.5. The summed E-state index contributed by atoms with van der Waals surface area (Å²) < 4.78 is 53.7. The van der Waals surface area contributed by atoms with Gasteiger partial charge in [-0.2, -0.15) is 0 Å². The number of carbonyl (C=O) groups is 2. The molecule has 1 amide bonds. The number of carbonyl (C=O) groups excluding carboxylic acids is 1. The smallest absolute Gasteiger partial charge is 0.341 e. The van der Waals surface area contributed by atoms with E-state index >= 15 is 0 Å². The lowest BCUT2D eigenvalue weighted by Crippen LogP contribution is -2.20. The SMILES string of the molecule is CC(=O)NCCC#Cc1c(F)c(F)c(C(=O)O)c(F)c1F. The molecule has 0 saturated carbocycles. The number of carboxylic acids is 1. The van der Waals surface area contributed by atoms with Crippen LogP contribution in [-0.4, -0.2) is 23.5 Å². The van der Waals surface area contributed by atoms with Crippen LogP contribution < -0.4 is 5.32 Å².